The smallest absolute Gasteiger partial charge is 0.273 e. The Labute approximate surface area is 102 Å². The first kappa shape index (κ1) is 14.1. The van der Waals surface area contributed by atoms with Crippen LogP contribution >= 0.6 is 0 Å². The predicted octanol–water partition coefficient (Wildman–Crippen LogP) is 3.86. The second-order valence-electron chi connectivity index (χ2n) is 5.25. The number of nitrogens with two attached hydrogens (primary N) is 1. The van der Waals surface area contributed by atoms with E-state index in [9.17, 15) is 8.78 Å². The molecule has 1 nitrogen and oxygen atoms in total. The third-order valence-corrected chi connectivity index (χ3v) is 2.85. The number of aryl methyl sites for hydroxylation is 1. The monoisotopic (exact) mass is 241 g/mol. The largest absolute Gasteiger partial charge is 0.326 e. The van der Waals surface area contributed by atoms with Crippen molar-refractivity contribution in [1.29, 1.82) is 0 Å². The second-order valence-corrected chi connectivity index (χ2v) is 5.25. The SMILES string of the molecule is CCC(F)(F)c1cccc(CCC(C)(C)N)c1. The lowest BCUT2D eigenvalue weighted by atomic mass is 9.95. The molecule has 0 heterocycles. The fourth-order valence-corrected chi connectivity index (χ4v) is 1.62. The minimum absolute atomic E-state index is 0.104. The Morgan fingerprint density at radius 2 is 1.88 bits per heavy atom. The summed E-state index contributed by atoms with van der Waals surface area (Å²) in [6.45, 7) is 5.38. The Balaban J connectivity index is 2.80. The Hall–Kier alpha value is -0.960. The summed E-state index contributed by atoms with van der Waals surface area (Å²) >= 11 is 0. The van der Waals surface area contributed by atoms with Gasteiger partial charge in [-0.05, 0) is 38.3 Å². The van der Waals surface area contributed by atoms with Crippen molar-refractivity contribution in [3.8, 4) is 0 Å². The number of hydrogen-bond acceptors (Lipinski definition) is 1. The summed E-state index contributed by atoms with van der Waals surface area (Å²) in [6, 6.07) is 6.65. The lowest BCUT2D eigenvalue weighted by Gasteiger charge is -2.19. The molecule has 17 heavy (non-hydrogen) atoms. The van der Waals surface area contributed by atoms with Gasteiger partial charge in [0.1, 0.15) is 0 Å². The Bertz CT molecular complexity index is 367. The van der Waals surface area contributed by atoms with Crippen LogP contribution in [-0.2, 0) is 12.3 Å². The summed E-state index contributed by atoms with van der Waals surface area (Å²) in [4.78, 5) is 0. The van der Waals surface area contributed by atoms with Crippen molar-refractivity contribution in [1.82, 2.24) is 0 Å². The first-order valence-corrected chi connectivity index (χ1v) is 6.01. The summed E-state index contributed by atoms with van der Waals surface area (Å²) < 4.78 is 27.0. The molecule has 0 aliphatic carbocycles. The van der Waals surface area contributed by atoms with Crippen LogP contribution in [0.2, 0.25) is 0 Å². The van der Waals surface area contributed by atoms with Gasteiger partial charge in [-0.1, -0.05) is 25.1 Å². The zero-order valence-electron chi connectivity index (χ0n) is 10.8. The van der Waals surface area contributed by atoms with E-state index in [2.05, 4.69) is 0 Å². The first-order valence-electron chi connectivity index (χ1n) is 6.01. The van der Waals surface area contributed by atoms with Gasteiger partial charge in [-0.2, -0.15) is 0 Å². The molecule has 96 valence electrons. The van der Waals surface area contributed by atoms with Crippen molar-refractivity contribution >= 4 is 0 Å². The number of rotatable bonds is 5. The maximum atomic E-state index is 13.5. The summed E-state index contributed by atoms with van der Waals surface area (Å²) in [5.74, 6) is -2.73. The average molecular weight is 241 g/mol. The van der Waals surface area contributed by atoms with Crippen molar-refractivity contribution in [2.75, 3.05) is 0 Å². The summed E-state index contributed by atoms with van der Waals surface area (Å²) in [6.07, 6.45) is 1.35. The van der Waals surface area contributed by atoms with Gasteiger partial charge < -0.3 is 5.73 Å². The highest BCUT2D eigenvalue weighted by molar-refractivity contribution is 5.27. The minimum Gasteiger partial charge on any atom is -0.326 e. The van der Waals surface area contributed by atoms with Crippen molar-refractivity contribution < 1.29 is 8.78 Å². The normalized spacial score (nSPS) is 12.8. The van der Waals surface area contributed by atoms with Crippen LogP contribution in [0.15, 0.2) is 24.3 Å². The Kier molecular flexibility index (Phi) is 4.26. The van der Waals surface area contributed by atoms with Crippen LogP contribution in [0.4, 0.5) is 8.78 Å². The van der Waals surface area contributed by atoms with Crippen LogP contribution in [0.25, 0.3) is 0 Å². The van der Waals surface area contributed by atoms with Gasteiger partial charge >= 0.3 is 0 Å². The maximum Gasteiger partial charge on any atom is 0.273 e. The molecule has 2 N–H and O–H groups in total. The van der Waals surface area contributed by atoms with Gasteiger partial charge in [-0.3, -0.25) is 0 Å². The first-order chi connectivity index (χ1) is 7.74. The minimum atomic E-state index is -2.73. The van der Waals surface area contributed by atoms with E-state index in [0.717, 1.165) is 18.4 Å². The quantitative estimate of drug-likeness (QED) is 0.832. The van der Waals surface area contributed by atoms with Crippen molar-refractivity contribution in [3.05, 3.63) is 35.4 Å². The summed E-state index contributed by atoms with van der Waals surface area (Å²) in [7, 11) is 0. The molecule has 3 heteroatoms. The predicted molar refractivity (Wildman–Crippen MR) is 67.2 cm³/mol. The zero-order valence-corrected chi connectivity index (χ0v) is 10.8. The van der Waals surface area contributed by atoms with Gasteiger partial charge in [-0.15, -0.1) is 0 Å². The third-order valence-electron chi connectivity index (χ3n) is 2.85. The highest BCUT2D eigenvalue weighted by Gasteiger charge is 2.28. The van der Waals surface area contributed by atoms with Gasteiger partial charge in [0.2, 0.25) is 0 Å². The van der Waals surface area contributed by atoms with Crippen LogP contribution in [0.3, 0.4) is 0 Å². The molecule has 1 aromatic rings. The second kappa shape index (κ2) is 5.13. The van der Waals surface area contributed by atoms with E-state index < -0.39 is 5.92 Å². The third kappa shape index (κ3) is 4.43. The molecular weight excluding hydrogens is 220 g/mol. The van der Waals surface area contributed by atoms with E-state index in [1.165, 1.54) is 13.0 Å². The molecule has 0 saturated heterocycles. The van der Waals surface area contributed by atoms with Gasteiger partial charge in [0.15, 0.2) is 0 Å². The molecule has 1 aromatic carbocycles. The molecular formula is C14H21F2N. The lowest BCUT2D eigenvalue weighted by Crippen LogP contribution is -2.32. The molecule has 0 spiro atoms. The van der Waals surface area contributed by atoms with E-state index in [4.69, 9.17) is 5.73 Å². The van der Waals surface area contributed by atoms with Crippen LogP contribution in [0.1, 0.15) is 44.7 Å². The van der Waals surface area contributed by atoms with E-state index in [1.54, 1.807) is 12.1 Å². The van der Waals surface area contributed by atoms with Crippen molar-refractivity contribution in [2.24, 2.45) is 5.73 Å². The highest BCUT2D eigenvalue weighted by atomic mass is 19.3. The molecule has 0 aliphatic heterocycles. The highest BCUT2D eigenvalue weighted by Crippen LogP contribution is 2.31. The number of hydrogen-bond donors (Lipinski definition) is 1. The van der Waals surface area contributed by atoms with Crippen LogP contribution < -0.4 is 5.73 Å². The Morgan fingerprint density at radius 1 is 1.24 bits per heavy atom. The van der Waals surface area contributed by atoms with E-state index in [1.807, 2.05) is 19.9 Å². The molecule has 0 fully saturated rings. The standard InChI is InChI=1S/C14H21F2N/c1-4-14(15,16)12-7-5-6-11(10-12)8-9-13(2,3)17/h5-7,10H,4,8-9,17H2,1-3H3. The fourth-order valence-electron chi connectivity index (χ4n) is 1.62. The molecule has 0 bridgehead atoms. The van der Waals surface area contributed by atoms with E-state index >= 15 is 0 Å². The fraction of sp³-hybridized carbons (Fsp3) is 0.571. The average Bonchev–Trinajstić information content (AvgIpc) is 2.26. The maximum absolute atomic E-state index is 13.5. The number of benzene rings is 1. The van der Waals surface area contributed by atoms with Crippen LogP contribution in [-0.4, -0.2) is 5.54 Å². The molecule has 0 saturated carbocycles. The molecule has 0 radical (unpaired) electrons. The van der Waals surface area contributed by atoms with Crippen LogP contribution in [0, 0.1) is 0 Å². The van der Waals surface area contributed by atoms with Crippen molar-refractivity contribution in [2.45, 2.75) is 51.5 Å². The van der Waals surface area contributed by atoms with E-state index in [0.29, 0.717) is 0 Å². The van der Waals surface area contributed by atoms with Gasteiger partial charge in [-0.25, -0.2) is 8.78 Å². The molecule has 0 unspecified atom stereocenters. The number of halogens is 2. The topological polar surface area (TPSA) is 26.0 Å². The molecule has 0 atom stereocenters. The number of alkyl halides is 2. The Morgan fingerprint density at radius 3 is 2.41 bits per heavy atom. The van der Waals surface area contributed by atoms with E-state index in [-0.39, 0.29) is 17.5 Å². The molecule has 0 aliphatic rings. The zero-order chi connectivity index (χ0) is 13.1. The van der Waals surface area contributed by atoms with Crippen LogP contribution in [0.5, 0.6) is 0 Å². The van der Waals surface area contributed by atoms with Gasteiger partial charge in [0.25, 0.3) is 5.92 Å². The van der Waals surface area contributed by atoms with Gasteiger partial charge in [0, 0.05) is 17.5 Å². The molecule has 0 aromatic heterocycles. The summed E-state index contributed by atoms with van der Waals surface area (Å²) in [5, 5.41) is 0. The lowest BCUT2D eigenvalue weighted by molar-refractivity contribution is -0.00835. The molecule has 1 rings (SSSR count). The summed E-state index contributed by atoms with van der Waals surface area (Å²) in [5.41, 5.74) is 6.65. The molecule has 0 amide bonds. The van der Waals surface area contributed by atoms with Crippen molar-refractivity contribution in [3.63, 3.8) is 0 Å². The van der Waals surface area contributed by atoms with Gasteiger partial charge in [0.05, 0.1) is 0 Å².